The number of hydrogen-bond acceptors (Lipinski definition) is 9. The molecule has 1 aromatic carbocycles. The van der Waals surface area contributed by atoms with Crippen molar-refractivity contribution >= 4 is 35.3 Å². The summed E-state index contributed by atoms with van der Waals surface area (Å²) in [7, 11) is 2.97. The van der Waals surface area contributed by atoms with E-state index in [0.29, 0.717) is 17.7 Å². The number of fused-ring (bicyclic) bond motifs is 5. The molecule has 7 unspecified atom stereocenters. The van der Waals surface area contributed by atoms with Crippen LogP contribution in [0, 0.1) is 11.8 Å². The number of halogens is 1. The van der Waals surface area contributed by atoms with E-state index in [4.69, 9.17) is 30.5 Å². The summed E-state index contributed by atoms with van der Waals surface area (Å²) in [6.45, 7) is 8.83. The SMILES string of the molecule is COC1C=CC=C(C)Cc2cc(O)c(Cl)c(c2)N(C)C(=O)CC(OC(=O)C(C)C)C2(C)OC2C(C)C2CC1(O)NC(=O)O2. The van der Waals surface area contributed by atoms with Gasteiger partial charge in [0.1, 0.15) is 34.7 Å². The topological polar surface area (TPSA) is 147 Å². The van der Waals surface area contributed by atoms with Gasteiger partial charge >= 0.3 is 12.1 Å². The summed E-state index contributed by atoms with van der Waals surface area (Å²) in [5.74, 6) is -2.01. The van der Waals surface area contributed by atoms with Crippen molar-refractivity contribution in [1.82, 2.24) is 5.32 Å². The molecule has 0 aromatic heterocycles. The number of ether oxygens (including phenoxy) is 4. The van der Waals surface area contributed by atoms with E-state index in [-0.39, 0.29) is 23.6 Å². The molecule has 4 bridgehead atoms. The molecule has 4 rings (SSSR count). The van der Waals surface area contributed by atoms with Crippen molar-refractivity contribution in [3.8, 4) is 5.75 Å². The second-order valence-corrected chi connectivity index (χ2v) is 12.6. The highest BCUT2D eigenvalue weighted by molar-refractivity contribution is 6.35. The molecule has 2 saturated heterocycles. The molecule has 3 heterocycles. The molecule has 0 spiro atoms. The maximum Gasteiger partial charge on any atom is 0.409 e. The van der Waals surface area contributed by atoms with Gasteiger partial charge in [0.25, 0.3) is 0 Å². The molecule has 0 aliphatic carbocycles. The average molecular weight is 621 g/mol. The molecule has 11 nitrogen and oxygen atoms in total. The lowest BCUT2D eigenvalue weighted by molar-refractivity contribution is -0.157. The molecule has 2 fully saturated rings. The summed E-state index contributed by atoms with van der Waals surface area (Å²) in [6.07, 6.45) is 1.29. The number of nitrogens with one attached hydrogen (secondary N) is 1. The van der Waals surface area contributed by atoms with Gasteiger partial charge in [-0.05, 0) is 38.0 Å². The minimum absolute atomic E-state index is 0.0108. The van der Waals surface area contributed by atoms with Gasteiger partial charge < -0.3 is 34.1 Å². The molecular weight excluding hydrogens is 580 g/mol. The first-order valence-electron chi connectivity index (χ1n) is 14.3. The Morgan fingerprint density at radius 1 is 1.28 bits per heavy atom. The lowest BCUT2D eigenvalue weighted by Crippen LogP contribution is -2.63. The molecule has 3 aliphatic heterocycles. The van der Waals surface area contributed by atoms with E-state index >= 15 is 0 Å². The van der Waals surface area contributed by atoms with Crippen LogP contribution < -0.4 is 10.2 Å². The molecule has 7 atom stereocenters. The van der Waals surface area contributed by atoms with Gasteiger partial charge in [0.05, 0.1) is 24.1 Å². The van der Waals surface area contributed by atoms with Gasteiger partial charge in [0.15, 0.2) is 5.72 Å². The molecule has 3 N–H and O–H groups in total. The number of phenolic OH excluding ortho intramolecular Hbond substituents is 1. The maximum atomic E-state index is 13.7. The van der Waals surface area contributed by atoms with Crippen LogP contribution in [-0.2, 0) is 35.0 Å². The third-order valence-electron chi connectivity index (χ3n) is 8.47. The Morgan fingerprint density at radius 2 is 1.98 bits per heavy atom. The number of esters is 1. The Hall–Kier alpha value is -3.12. The van der Waals surface area contributed by atoms with Gasteiger partial charge in [-0.3, -0.25) is 14.9 Å². The summed E-state index contributed by atoms with van der Waals surface area (Å²) in [5, 5.41) is 24.6. The summed E-state index contributed by atoms with van der Waals surface area (Å²) in [5.41, 5.74) is -0.974. The molecule has 43 heavy (non-hydrogen) atoms. The Labute approximate surface area is 256 Å². The fraction of sp³-hybridized carbons (Fsp3) is 0.581. The van der Waals surface area contributed by atoms with E-state index in [9.17, 15) is 24.6 Å². The zero-order valence-electron chi connectivity index (χ0n) is 25.5. The smallest absolute Gasteiger partial charge is 0.409 e. The minimum Gasteiger partial charge on any atom is -0.506 e. The third-order valence-corrected chi connectivity index (χ3v) is 8.86. The molecular formula is C31H41ClN2O9. The quantitative estimate of drug-likeness (QED) is 0.337. The van der Waals surface area contributed by atoms with E-state index in [2.05, 4.69) is 5.32 Å². The minimum atomic E-state index is -1.78. The normalized spacial score (nSPS) is 33.3. The number of methoxy groups -OCH3 is 1. The molecule has 12 heteroatoms. The van der Waals surface area contributed by atoms with E-state index in [1.807, 2.05) is 19.9 Å². The predicted octanol–water partition coefficient (Wildman–Crippen LogP) is 4.02. The van der Waals surface area contributed by atoms with Crippen molar-refractivity contribution in [2.75, 3.05) is 19.1 Å². The first-order chi connectivity index (χ1) is 20.1. The summed E-state index contributed by atoms with van der Waals surface area (Å²) in [4.78, 5) is 40.4. The number of nitrogens with zero attached hydrogens (tertiary/aromatic N) is 1. The van der Waals surface area contributed by atoms with Gasteiger partial charge in [0.2, 0.25) is 5.91 Å². The van der Waals surface area contributed by atoms with E-state index in [0.717, 1.165) is 5.57 Å². The zero-order valence-corrected chi connectivity index (χ0v) is 26.3. The number of carbonyl (C=O) groups excluding carboxylic acids is 3. The van der Waals surface area contributed by atoms with Crippen LogP contribution in [0.2, 0.25) is 5.02 Å². The summed E-state index contributed by atoms with van der Waals surface area (Å²) < 4.78 is 23.1. The lowest BCUT2D eigenvalue weighted by Gasteiger charge is -2.42. The molecule has 1 aromatic rings. The number of alkyl carbamates (subject to hydrolysis) is 1. The number of carbonyl (C=O) groups is 3. The van der Waals surface area contributed by atoms with Crippen LogP contribution >= 0.6 is 11.6 Å². The van der Waals surface area contributed by atoms with Crippen LogP contribution in [0.4, 0.5) is 10.5 Å². The van der Waals surface area contributed by atoms with Gasteiger partial charge in [0, 0.05) is 26.5 Å². The first-order valence-corrected chi connectivity index (χ1v) is 14.7. The van der Waals surface area contributed by atoms with Crippen molar-refractivity contribution in [3.05, 3.63) is 46.5 Å². The van der Waals surface area contributed by atoms with Crippen LogP contribution in [-0.4, -0.2) is 78.1 Å². The Kier molecular flexibility index (Phi) is 9.51. The van der Waals surface area contributed by atoms with Crippen LogP contribution in [0.3, 0.4) is 0 Å². The number of hydrogen-bond donors (Lipinski definition) is 3. The molecule has 236 valence electrons. The number of phenols is 1. The van der Waals surface area contributed by atoms with E-state index in [1.165, 1.54) is 18.1 Å². The Balaban J connectivity index is 1.78. The third kappa shape index (κ3) is 6.85. The fourth-order valence-corrected chi connectivity index (χ4v) is 5.98. The number of aliphatic hydroxyl groups is 1. The lowest BCUT2D eigenvalue weighted by atomic mass is 9.83. The predicted molar refractivity (Wildman–Crippen MR) is 159 cm³/mol. The number of rotatable bonds is 3. The summed E-state index contributed by atoms with van der Waals surface area (Å²) in [6, 6.07) is 3.26. The van der Waals surface area contributed by atoms with Crippen LogP contribution in [0.5, 0.6) is 5.75 Å². The second-order valence-electron chi connectivity index (χ2n) is 12.2. The number of anilines is 1. The van der Waals surface area contributed by atoms with Gasteiger partial charge in [-0.2, -0.15) is 0 Å². The largest absolute Gasteiger partial charge is 0.506 e. The Bertz CT molecular complexity index is 1330. The van der Waals surface area contributed by atoms with Crippen LogP contribution in [0.15, 0.2) is 35.9 Å². The number of benzene rings is 1. The average Bonchev–Trinajstić information content (AvgIpc) is 3.62. The monoisotopic (exact) mass is 620 g/mol. The first kappa shape index (κ1) is 32.8. The van der Waals surface area contributed by atoms with Crippen molar-refractivity contribution in [1.29, 1.82) is 0 Å². The number of allylic oxidation sites excluding steroid dienone is 3. The molecule has 0 radical (unpaired) electrons. The second kappa shape index (κ2) is 12.5. The highest BCUT2D eigenvalue weighted by atomic mass is 35.5. The number of amides is 2. The van der Waals surface area contributed by atoms with Crippen molar-refractivity contribution < 1.29 is 43.5 Å². The zero-order chi connectivity index (χ0) is 31.9. The summed E-state index contributed by atoms with van der Waals surface area (Å²) >= 11 is 6.44. The Morgan fingerprint density at radius 3 is 2.63 bits per heavy atom. The van der Waals surface area contributed by atoms with E-state index < -0.39 is 65.5 Å². The molecule has 2 amide bonds. The fourth-order valence-electron chi connectivity index (χ4n) is 5.75. The highest BCUT2D eigenvalue weighted by Gasteiger charge is 2.64. The van der Waals surface area contributed by atoms with E-state index in [1.54, 1.807) is 46.0 Å². The standard InChI is InChI=1S/C31H41ClN2O9/c1-16(2)28(37)42-24-14-25(36)34(6)20-12-19(13-21(35)26(20)32)11-17(3)9-8-10-23(40-7)31(39)15-22(41-29(38)33-31)18(4)27-30(24,5)43-27/h8-10,12-13,16,18,22-24,27,35,39H,11,14-15H2,1-7H3,(H,33,38). The van der Waals surface area contributed by atoms with Crippen molar-refractivity contribution in [3.63, 3.8) is 0 Å². The van der Waals surface area contributed by atoms with Gasteiger partial charge in [-0.25, -0.2) is 4.79 Å². The van der Waals surface area contributed by atoms with Crippen molar-refractivity contribution in [2.45, 2.75) is 89.6 Å². The molecule has 3 aliphatic rings. The highest BCUT2D eigenvalue weighted by Crippen LogP contribution is 2.49. The maximum absolute atomic E-state index is 13.7. The van der Waals surface area contributed by atoms with Gasteiger partial charge in [-0.15, -0.1) is 0 Å². The number of aromatic hydroxyl groups is 1. The molecule has 0 saturated carbocycles. The van der Waals surface area contributed by atoms with Crippen LogP contribution in [0.25, 0.3) is 0 Å². The number of epoxide rings is 1. The van der Waals surface area contributed by atoms with Crippen molar-refractivity contribution in [2.24, 2.45) is 11.8 Å². The van der Waals surface area contributed by atoms with Crippen LogP contribution in [0.1, 0.15) is 53.0 Å². The van der Waals surface area contributed by atoms with Gasteiger partial charge in [-0.1, -0.05) is 56.2 Å².